The summed E-state index contributed by atoms with van der Waals surface area (Å²) in [5, 5.41) is 14.2. The number of hydrogen-bond acceptors (Lipinski definition) is 5. The number of H-pyrrole nitrogens is 1. The Morgan fingerprint density at radius 2 is 1.90 bits per heavy atom. The van der Waals surface area contributed by atoms with Crippen molar-refractivity contribution >= 4 is 17.5 Å². The van der Waals surface area contributed by atoms with Crippen molar-refractivity contribution in [2.24, 2.45) is 0 Å². The summed E-state index contributed by atoms with van der Waals surface area (Å²) in [6, 6.07) is 13.0. The molecule has 0 aliphatic carbocycles. The van der Waals surface area contributed by atoms with E-state index in [4.69, 9.17) is 16.3 Å². The second kappa shape index (κ2) is 8.57. The maximum atomic E-state index is 13.2. The van der Waals surface area contributed by atoms with Gasteiger partial charge in [0.1, 0.15) is 22.5 Å². The first kappa shape index (κ1) is 20.5. The van der Waals surface area contributed by atoms with Crippen LogP contribution in [0, 0.1) is 12.7 Å². The number of amides is 1. The van der Waals surface area contributed by atoms with Gasteiger partial charge in [0.2, 0.25) is 0 Å². The van der Waals surface area contributed by atoms with Gasteiger partial charge in [-0.1, -0.05) is 11.6 Å². The van der Waals surface area contributed by atoms with Crippen molar-refractivity contribution in [1.82, 2.24) is 30.3 Å². The van der Waals surface area contributed by atoms with E-state index in [-0.39, 0.29) is 23.1 Å². The zero-order valence-electron chi connectivity index (χ0n) is 16.7. The predicted octanol–water partition coefficient (Wildman–Crippen LogP) is 3.70. The predicted molar refractivity (Wildman–Crippen MR) is 113 cm³/mol. The lowest BCUT2D eigenvalue weighted by molar-refractivity contribution is 0.0949. The number of carbonyl (C=O) groups excluding carboxylic acids is 1. The van der Waals surface area contributed by atoms with Crippen molar-refractivity contribution in [1.29, 1.82) is 0 Å². The molecule has 0 saturated carbocycles. The lowest BCUT2D eigenvalue weighted by Gasteiger charge is -2.04. The van der Waals surface area contributed by atoms with Crippen molar-refractivity contribution in [3.05, 3.63) is 76.6 Å². The molecule has 10 heteroatoms. The Morgan fingerprint density at radius 3 is 2.58 bits per heavy atom. The molecule has 2 aromatic heterocycles. The number of ether oxygens (including phenoxy) is 1. The number of rotatable bonds is 6. The first-order chi connectivity index (χ1) is 15.0. The fourth-order valence-electron chi connectivity index (χ4n) is 3.01. The summed E-state index contributed by atoms with van der Waals surface area (Å²) in [5.74, 6) is 0.949. The lowest BCUT2D eigenvalue weighted by Crippen LogP contribution is -2.24. The van der Waals surface area contributed by atoms with Gasteiger partial charge in [0, 0.05) is 5.56 Å². The van der Waals surface area contributed by atoms with Crippen molar-refractivity contribution < 1.29 is 13.9 Å². The van der Waals surface area contributed by atoms with E-state index in [9.17, 15) is 9.18 Å². The number of methoxy groups -OCH3 is 1. The van der Waals surface area contributed by atoms with Crippen molar-refractivity contribution in [3.63, 3.8) is 0 Å². The molecule has 0 radical (unpaired) electrons. The average Bonchev–Trinajstić information content (AvgIpc) is 3.37. The van der Waals surface area contributed by atoms with Gasteiger partial charge in [0.05, 0.1) is 30.6 Å². The Kier molecular flexibility index (Phi) is 5.68. The fraction of sp³-hybridized carbons (Fsp3) is 0.143. The SMILES string of the molecule is COc1ccc(-c2n[nH]c(CNC(=O)c3c(C)nn(-c4ccc(F)cc4)c3Cl)n2)cc1. The number of halogens is 2. The highest BCUT2D eigenvalue weighted by atomic mass is 35.5. The van der Waals surface area contributed by atoms with E-state index in [1.54, 1.807) is 14.0 Å². The molecular weight excluding hydrogens is 423 g/mol. The van der Waals surface area contributed by atoms with Crippen LogP contribution < -0.4 is 10.1 Å². The molecule has 4 rings (SSSR count). The van der Waals surface area contributed by atoms with E-state index in [1.165, 1.54) is 28.9 Å². The molecule has 0 bridgehead atoms. The van der Waals surface area contributed by atoms with Crippen molar-refractivity contribution in [2.45, 2.75) is 13.5 Å². The minimum absolute atomic E-state index is 0.124. The number of benzene rings is 2. The molecule has 8 nitrogen and oxygen atoms in total. The quantitative estimate of drug-likeness (QED) is 0.476. The molecule has 0 fully saturated rings. The molecule has 2 aromatic carbocycles. The molecule has 0 unspecified atom stereocenters. The second-order valence-corrected chi connectivity index (χ2v) is 7.01. The standard InChI is InChI=1S/C21H18ClFN6O2/c1-12-18(19(22)29(28-12)15-7-5-14(23)6-8-15)21(30)24-11-17-25-20(27-26-17)13-3-9-16(31-2)10-4-13/h3-10H,11H2,1-2H3,(H,24,30)(H,25,26,27). The smallest absolute Gasteiger partial charge is 0.256 e. The number of hydrogen-bond donors (Lipinski definition) is 2. The molecule has 158 valence electrons. The molecule has 0 atom stereocenters. The van der Waals surface area contributed by atoms with E-state index < -0.39 is 5.91 Å². The van der Waals surface area contributed by atoms with Gasteiger partial charge in [-0.15, -0.1) is 0 Å². The molecule has 2 heterocycles. The lowest BCUT2D eigenvalue weighted by atomic mass is 10.2. The van der Waals surface area contributed by atoms with Crippen LogP contribution in [0.15, 0.2) is 48.5 Å². The van der Waals surface area contributed by atoms with Gasteiger partial charge in [0.15, 0.2) is 5.82 Å². The highest BCUT2D eigenvalue weighted by molar-refractivity contribution is 6.33. The Morgan fingerprint density at radius 1 is 1.19 bits per heavy atom. The van der Waals surface area contributed by atoms with Crippen molar-refractivity contribution in [2.75, 3.05) is 7.11 Å². The molecule has 31 heavy (non-hydrogen) atoms. The van der Waals surface area contributed by atoms with E-state index in [2.05, 4.69) is 25.6 Å². The van der Waals surface area contributed by atoms with Gasteiger partial charge in [-0.2, -0.15) is 10.2 Å². The minimum Gasteiger partial charge on any atom is -0.497 e. The number of aryl methyl sites for hydroxylation is 1. The van der Waals surface area contributed by atoms with Crippen molar-refractivity contribution in [3.8, 4) is 22.8 Å². The second-order valence-electron chi connectivity index (χ2n) is 6.66. The van der Waals surface area contributed by atoms with Crippen LogP contribution in [0.4, 0.5) is 4.39 Å². The normalized spacial score (nSPS) is 10.8. The molecule has 0 saturated heterocycles. The zero-order valence-corrected chi connectivity index (χ0v) is 17.4. The third-order valence-corrected chi connectivity index (χ3v) is 4.95. The summed E-state index contributed by atoms with van der Waals surface area (Å²) >= 11 is 6.39. The van der Waals surface area contributed by atoms with Gasteiger partial charge < -0.3 is 10.1 Å². The Balaban J connectivity index is 1.47. The molecular formula is C21H18ClFN6O2. The summed E-state index contributed by atoms with van der Waals surface area (Å²) in [5.41, 5.74) is 2.05. The Hall–Kier alpha value is -3.72. The first-order valence-corrected chi connectivity index (χ1v) is 9.69. The van der Waals surface area contributed by atoms with Crippen LogP contribution in [-0.2, 0) is 6.54 Å². The van der Waals surface area contributed by atoms with Crippen LogP contribution in [0.3, 0.4) is 0 Å². The third kappa shape index (κ3) is 4.26. The van der Waals surface area contributed by atoms with Crippen LogP contribution in [-0.4, -0.2) is 38.0 Å². The van der Waals surface area contributed by atoms with Crippen LogP contribution in [0.1, 0.15) is 21.9 Å². The fourth-order valence-corrected chi connectivity index (χ4v) is 3.36. The molecule has 0 aliphatic rings. The molecule has 1 amide bonds. The number of nitrogens with one attached hydrogen (secondary N) is 2. The molecule has 0 spiro atoms. The minimum atomic E-state index is -0.404. The molecule has 2 N–H and O–H groups in total. The van der Waals surface area contributed by atoms with E-state index in [0.717, 1.165) is 11.3 Å². The van der Waals surface area contributed by atoms with Crippen LogP contribution >= 0.6 is 11.6 Å². The third-order valence-electron chi connectivity index (χ3n) is 4.60. The van der Waals surface area contributed by atoms with Crippen LogP contribution in [0.2, 0.25) is 5.15 Å². The summed E-state index contributed by atoms with van der Waals surface area (Å²) in [6.07, 6.45) is 0. The van der Waals surface area contributed by atoms with Gasteiger partial charge in [-0.05, 0) is 55.5 Å². The maximum absolute atomic E-state index is 13.2. The molecule has 4 aromatic rings. The Labute approximate surface area is 182 Å². The summed E-state index contributed by atoms with van der Waals surface area (Å²) < 4.78 is 19.7. The van der Waals surface area contributed by atoms with Gasteiger partial charge >= 0.3 is 0 Å². The number of nitrogens with zero attached hydrogens (tertiary/aromatic N) is 4. The number of aromatic amines is 1. The monoisotopic (exact) mass is 440 g/mol. The number of aromatic nitrogens is 5. The highest BCUT2D eigenvalue weighted by Crippen LogP contribution is 2.24. The van der Waals surface area contributed by atoms with E-state index >= 15 is 0 Å². The van der Waals surface area contributed by atoms with E-state index in [0.29, 0.717) is 23.0 Å². The maximum Gasteiger partial charge on any atom is 0.256 e. The zero-order chi connectivity index (χ0) is 22.0. The number of carbonyl (C=O) groups is 1. The van der Waals surface area contributed by atoms with Gasteiger partial charge in [-0.25, -0.2) is 14.1 Å². The Bertz CT molecular complexity index is 1220. The van der Waals surface area contributed by atoms with Gasteiger partial charge in [-0.3, -0.25) is 9.89 Å². The topological polar surface area (TPSA) is 97.7 Å². The van der Waals surface area contributed by atoms with Crippen LogP contribution in [0.5, 0.6) is 5.75 Å². The summed E-state index contributed by atoms with van der Waals surface area (Å²) in [6.45, 7) is 1.80. The summed E-state index contributed by atoms with van der Waals surface area (Å²) in [4.78, 5) is 17.1. The first-order valence-electron chi connectivity index (χ1n) is 9.31. The highest BCUT2D eigenvalue weighted by Gasteiger charge is 2.21. The average molecular weight is 441 g/mol. The molecule has 0 aliphatic heterocycles. The van der Waals surface area contributed by atoms with Gasteiger partial charge in [0.25, 0.3) is 5.91 Å². The summed E-state index contributed by atoms with van der Waals surface area (Å²) in [7, 11) is 1.60. The van der Waals surface area contributed by atoms with Crippen LogP contribution in [0.25, 0.3) is 17.1 Å². The largest absolute Gasteiger partial charge is 0.497 e. The van der Waals surface area contributed by atoms with E-state index in [1.807, 2.05) is 24.3 Å².